The van der Waals surface area contributed by atoms with Crippen LogP contribution < -0.4 is 0 Å². The zero-order chi connectivity index (χ0) is 11.8. The number of Topliss-reactive ketones (excluding diaryl/α,β-unsaturated/α-hetero) is 1. The van der Waals surface area contributed by atoms with Gasteiger partial charge in [-0.25, -0.2) is 13.2 Å². The quantitative estimate of drug-likeness (QED) is 0.519. The van der Waals surface area contributed by atoms with Gasteiger partial charge in [-0.3, -0.25) is 4.79 Å². The number of halogens is 3. The third-order valence-electron chi connectivity index (χ3n) is 1.93. The van der Waals surface area contributed by atoms with Crippen molar-refractivity contribution in [2.24, 2.45) is 5.41 Å². The zero-order valence-corrected chi connectivity index (χ0v) is 8.70. The van der Waals surface area contributed by atoms with E-state index < -0.39 is 28.6 Å². The molecule has 0 fully saturated rings. The van der Waals surface area contributed by atoms with Gasteiger partial charge < -0.3 is 0 Å². The first-order valence-electron chi connectivity index (χ1n) is 4.43. The van der Waals surface area contributed by atoms with Crippen molar-refractivity contribution in [1.82, 2.24) is 0 Å². The molecule has 0 heterocycles. The number of ketones is 1. The fraction of sp³-hybridized carbons (Fsp3) is 0.364. The Bertz CT molecular complexity index is 382. The normalized spacial score (nSPS) is 11.6. The number of carbonyl (C=O) groups is 1. The lowest BCUT2D eigenvalue weighted by atomic mass is 9.86. The molecule has 1 rings (SSSR count). The summed E-state index contributed by atoms with van der Waals surface area (Å²) in [5, 5.41) is 0. The standard InChI is InChI=1S/C11H11F3O/c1-11(2,3)10(15)6-4-7(12)9(14)8(13)5-6/h4-5H,1-3H3. The molecule has 1 aromatic carbocycles. The van der Waals surface area contributed by atoms with Crippen molar-refractivity contribution >= 4 is 5.78 Å². The first-order chi connectivity index (χ1) is 6.73. The summed E-state index contributed by atoms with van der Waals surface area (Å²) >= 11 is 0. The van der Waals surface area contributed by atoms with E-state index >= 15 is 0 Å². The van der Waals surface area contributed by atoms with Gasteiger partial charge in [0.15, 0.2) is 23.2 Å². The van der Waals surface area contributed by atoms with Crippen LogP contribution in [0.1, 0.15) is 31.1 Å². The summed E-state index contributed by atoms with van der Waals surface area (Å²) in [5.41, 5.74) is -0.907. The molecule has 0 aromatic heterocycles. The third-order valence-corrected chi connectivity index (χ3v) is 1.93. The van der Waals surface area contributed by atoms with Crippen LogP contribution in [0.3, 0.4) is 0 Å². The van der Waals surface area contributed by atoms with Gasteiger partial charge in [0.1, 0.15) is 0 Å². The van der Waals surface area contributed by atoms with Crippen LogP contribution in [-0.2, 0) is 0 Å². The third kappa shape index (κ3) is 2.37. The highest BCUT2D eigenvalue weighted by atomic mass is 19.2. The number of carbonyl (C=O) groups excluding carboxylic acids is 1. The van der Waals surface area contributed by atoms with Crippen LogP contribution >= 0.6 is 0 Å². The lowest BCUT2D eigenvalue weighted by molar-refractivity contribution is 0.0857. The second kappa shape index (κ2) is 3.68. The molecule has 0 bridgehead atoms. The van der Waals surface area contributed by atoms with Gasteiger partial charge in [-0.05, 0) is 12.1 Å². The first-order valence-corrected chi connectivity index (χ1v) is 4.43. The van der Waals surface area contributed by atoms with Crippen molar-refractivity contribution in [3.8, 4) is 0 Å². The van der Waals surface area contributed by atoms with E-state index in [1.54, 1.807) is 20.8 Å². The molecule has 0 saturated carbocycles. The number of rotatable bonds is 1. The Morgan fingerprint density at radius 1 is 1.07 bits per heavy atom. The molecule has 0 atom stereocenters. The van der Waals surface area contributed by atoms with Crippen molar-refractivity contribution in [2.45, 2.75) is 20.8 Å². The van der Waals surface area contributed by atoms with E-state index in [-0.39, 0.29) is 5.56 Å². The highest BCUT2D eigenvalue weighted by Gasteiger charge is 2.25. The predicted molar refractivity (Wildman–Crippen MR) is 50.1 cm³/mol. The van der Waals surface area contributed by atoms with Crippen molar-refractivity contribution in [3.63, 3.8) is 0 Å². The highest BCUT2D eigenvalue weighted by molar-refractivity contribution is 5.99. The highest BCUT2D eigenvalue weighted by Crippen LogP contribution is 2.23. The minimum absolute atomic E-state index is 0.154. The molecular weight excluding hydrogens is 205 g/mol. The summed E-state index contributed by atoms with van der Waals surface area (Å²) in [6, 6.07) is 1.43. The van der Waals surface area contributed by atoms with Crippen LogP contribution in [0.25, 0.3) is 0 Å². The van der Waals surface area contributed by atoms with Crippen LogP contribution in [0.5, 0.6) is 0 Å². The molecule has 0 aliphatic heterocycles. The number of hydrogen-bond donors (Lipinski definition) is 0. The molecule has 1 nitrogen and oxygen atoms in total. The zero-order valence-electron chi connectivity index (χ0n) is 8.70. The molecule has 4 heteroatoms. The van der Waals surface area contributed by atoms with Gasteiger partial charge in [-0.1, -0.05) is 20.8 Å². The largest absolute Gasteiger partial charge is 0.294 e. The summed E-state index contributed by atoms with van der Waals surface area (Å²) in [6.07, 6.45) is 0. The van der Waals surface area contributed by atoms with E-state index in [4.69, 9.17) is 0 Å². The van der Waals surface area contributed by atoms with E-state index in [0.717, 1.165) is 0 Å². The average Bonchev–Trinajstić information content (AvgIpc) is 2.10. The second-order valence-electron chi connectivity index (χ2n) is 4.33. The summed E-state index contributed by atoms with van der Waals surface area (Å²) in [7, 11) is 0. The van der Waals surface area contributed by atoms with Crippen LogP contribution in [0.2, 0.25) is 0 Å². The fourth-order valence-corrected chi connectivity index (χ4v) is 1.12. The van der Waals surface area contributed by atoms with Gasteiger partial charge in [-0.2, -0.15) is 0 Å². The van der Waals surface area contributed by atoms with E-state index in [9.17, 15) is 18.0 Å². The van der Waals surface area contributed by atoms with Crippen LogP contribution in [0, 0.1) is 22.9 Å². The van der Waals surface area contributed by atoms with Crippen LogP contribution in [-0.4, -0.2) is 5.78 Å². The molecule has 0 spiro atoms. The van der Waals surface area contributed by atoms with Crippen molar-refractivity contribution in [1.29, 1.82) is 0 Å². The second-order valence-corrected chi connectivity index (χ2v) is 4.33. The SMILES string of the molecule is CC(C)(C)C(=O)c1cc(F)c(F)c(F)c1. The Balaban J connectivity index is 3.24. The maximum Gasteiger partial charge on any atom is 0.194 e. The Kier molecular flexibility index (Phi) is 2.88. The molecule has 15 heavy (non-hydrogen) atoms. The Morgan fingerprint density at radius 2 is 1.47 bits per heavy atom. The Hall–Kier alpha value is -1.32. The number of benzene rings is 1. The molecule has 0 amide bonds. The Labute approximate surface area is 85.9 Å². The maximum atomic E-state index is 12.8. The van der Waals surface area contributed by atoms with Crippen LogP contribution in [0.15, 0.2) is 12.1 Å². The molecule has 0 aliphatic carbocycles. The van der Waals surface area contributed by atoms with Gasteiger partial charge in [0.05, 0.1) is 0 Å². The van der Waals surface area contributed by atoms with Gasteiger partial charge in [-0.15, -0.1) is 0 Å². The monoisotopic (exact) mass is 216 g/mol. The van der Waals surface area contributed by atoms with Crippen LogP contribution in [0.4, 0.5) is 13.2 Å². The smallest absolute Gasteiger partial charge is 0.194 e. The van der Waals surface area contributed by atoms with Crippen molar-refractivity contribution in [3.05, 3.63) is 35.1 Å². The predicted octanol–water partition coefficient (Wildman–Crippen LogP) is 3.33. The summed E-state index contributed by atoms with van der Waals surface area (Å²) in [5.74, 6) is -4.68. The molecule has 1 aromatic rings. The minimum Gasteiger partial charge on any atom is -0.294 e. The number of hydrogen-bond acceptors (Lipinski definition) is 1. The summed E-state index contributed by atoms with van der Waals surface area (Å²) in [6.45, 7) is 4.86. The fourth-order valence-electron chi connectivity index (χ4n) is 1.12. The summed E-state index contributed by atoms with van der Waals surface area (Å²) < 4.78 is 38.3. The molecular formula is C11H11F3O. The van der Waals surface area contributed by atoms with E-state index in [0.29, 0.717) is 12.1 Å². The van der Waals surface area contributed by atoms with Gasteiger partial charge in [0.2, 0.25) is 0 Å². The average molecular weight is 216 g/mol. The molecule has 0 aliphatic rings. The van der Waals surface area contributed by atoms with Crippen molar-refractivity contribution < 1.29 is 18.0 Å². The first kappa shape index (κ1) is 11.8. The maximum absolute atomic E-state index is 12.8. The van der Waals surface area contributed by atoms with E-state index in [1.165, 1.54) is 0 Å². The molecule has 0 radical (unpaired) electrons. The minimum atomic E-state index is -1.56. The molecule has 0 unspecified atom stereocenters. The molecule has 82 valence electrons. The van der Waals surface area contributed by atoms with E-state index in [1.807, 2.05) is 0 Å². The molecule has 0 saturated heterocycles. The topological polar surface area (TPSA) is 17.1 Å². The molecule has 0 N–H and O–H groups in total. The van der Waals surface area contributed by atoms with Gasteiger partial charge >= 0.3 is 0 Å². The Morgan fingerprint density at radius 3 is 1.80 bits per heavy atom. The van der Waals surface area contributed by atoms with Crippen molar-refractivity contribution in [2.75, 3.05) is 0 Å². The van der Waals surface area contributed by atoms with Gasteiger partial charge in [0, 0.05) is 11.0 Å². The van der Waals surface area contributed by atoms with Gasteiger partial charge in [0.25, 0.3) is 0 Å². The van der Waals surface area contributed by atoms with E-state index in [2.05, 4.69) is 0 Å². The lowest BCUT2D eigenvalue weighted by Gasteiger charge is -2.16. The lowest BCUT2D eigenvalue weighted by Crippen LogP contribution is -2.20. The summed E-state index contributed by atoms with van der Waals surface area (Å²) in [4.78, 5) is 11.6.